The molecule has 0 bridgehead atoms. The average molecular weight is 281 g/mol. The van der Waals surface area contributed by atoms with Gasteiger partial charge in [0.1, 0.15) is 0 Å². The summed E-state index contributed by atoms with van der Waals surface area (Å²) in [4.78, 5) is 13.8. The van der Waals surface area contributed by atoms with Crippen LogP contribution in [-0.4, -0.2) is 46.7 Å². The van der Waals surface area contributed by atoms with Gasteiger partial charge in [0.05, 0.1) is 13.1 Å². The molecule has 0 aromatic carbocycles. The van der Waals surface area contributed by atoms with E-state index >= 15 is 0 Å². The van der Waals surface area contributed by atoms with Crippen molar-refractivity contribution in [2.45, 2.75) is 45.7 Å². The molecule has 0 saturated carbocycles. The number of carbonyl (C=O) groups is 1. The molecule has 0 unspecified atom stereocenters. The van der Waals surface area contributed by atoms with Gasteiger partial charge in [-0.1, -0.05) is 18.9 Å². The predicted octanol–water partition coefficient (Wildman–Crippen LogP) is 0.992. The number of hydrogen-bond acceptors (Lipinski definition) is 6. The number of rotatable bonds is 6. The minimum absolute atomic E-state index is 0.0877. The first-order valence-electron chi connectivity index (χ1n) is 7.22. The second-order valence-corrected chi connectivity index (χ2v) is 5.33. The van der Waals surface area contributed by atoms with Gasteiger partial charge in [-0.2, -0.15) is 0 Å². The highest BCUT2D eigenvalue weighted by molar-refractivity contribution is 5.80. The first-order valence-corrected chi connectivity index (χ1v) is 7.22. The molecule has 112 valence electrons. The maximum absolute atomic E-state index is 12.0. The fourth-order valence-corrected chi connectivity index (χ4v) is 2.09. The van der Waals surface area contributed by atoms with Gasteiger partial charge in [0.25, 0.3) is 0 Å². The number of likely N-dealkylation sites (tertiary alicyclic amines) is 1. The first kappa shape index (κ1) is 14.8. The number of nitrogens with one attached hydrogen (secondary N) is 2. The van der Waals surface area contributed by atoms with Crippen LogP contribution in [0.4, 0.5) is 6.01 Å². The fourth-order valence-electron chi connectivity index (χ4n) is 2.09. The molecule has 2 rings (SSSR count). The molecule has 1 fully saturated rings. The maximum Gasteiger partial charge on any atom is 0.315 e. The Hall–Kier alpha value is -1.63. The molecule has 1 saturated heterocycles. The van der Waals surface area contributed by atoms with Gasteiger partial charge in [-0.15, -0.1) is 5.10 Å². The molecular weight excluding hydrogens is 258 g/mol. The second-order valence-electron chi connectivity index (χ2n) is 5.33. The van der Waals surface area contributed by atoms with E-state index in [1.54, 1.807) is 0 Å². The van der Waals surface area contributed by atoms with Gasteiger partial charge in [-0.05, 0) is 19.3 Å². The predicted molar refractivity (Wildman–Crippen MR) is 75.2 cm³/mol. The standard InChI is InChI=1S/C13H23N5O2/c1-10(2)14-8-11-16-17-13(20-11)15-9-12(19)18-6-4-3-5-7-18/h10,14H,3-9H2,1-2H3,(H,15,17). The van der Waals surface area contributed by atoms with Crippen molar-refractivity contribution in [1.29, 1.82) is 0 Å². The molecule has 0 aliphatic carbocycles. The van der Waals surface area contributed by atoms with Crippen molar-refractivity contribution in [1.82, 2.24) is 20.4 Å². The molecule has 20 heavy (non-hydrogen) atoms. The van der Waals surface area contributed by atoms with Crippen molar-refractivity contribution >= 4 is 11.9 Å². The zero-order valence-electron chi connectivity index (χ0n) is 12.2. The van der Waals surface area contributed by atoms with Crippen molar-refractivity contribution in [2.75, 3.05) is 25.0 Å². The highest BCUT2D eigenvalue weighted by Crippen LogP contribution is 2.09. The van der Waals surface area contributed by atoms with Gasteiger partial charge < -0.3 is 20.0 Å². The van der Waals surface area contributed by atoms with Gasteiger partial charge in [0.15, 0.2) is 0 Å². The van der Waals surface area contributed by atoms with Crippen molar-refractivity contribution in [2.24, 2.45) is 0 Å². The summed E-state index contributed by atoms with van der Waals surface area (Å²) < 4.78 is 5.41. The lowest BCUT2D eigenvalue weighted by Gasteiger charge is -2.26. The van der Waals surface area contributed by atoms with Crippen LogP contribution in [0.2, 0.25) is 0 Å². The normalized spacial score (nSPS) is 15.7. The summed E-state index contributed by atoms with van der Waals surface area (Å²) in [5, 5.41) is 13.9. The van der Waals surface area contributed by atoms with Crippen LogP contribution in [0.15, 0.2) is 4.42 Å². The molecule has 2 N–H and O–H groups in total. The van der Waals surface area contributed by atoms with Crippen LogP contribution in [-0.2, 0) is 11.3 Å². The monoisotopic (exact) mass is 281 g/mol. The van der Waals surface area contributed by atoms with E-state index in [2.05, 4.69) is 20.8 Å². The summed E-state index contributed by atoms with van der Waals surface area (Å²) in [6.45, 7) is 6.55. The van der Waals surface area contributed by atoms with Gasteiger partial charge in [0, 0.05) is 19.1 Å². The molecule has 7 heteroatoms. The molecule has 0 spiro atoms. The first-order chi connectivity index (χ1) is 9.65. The zero-order valence-corrected chi connectivity index (χ0v) is 12.2. The number of amides is 1. The third kappa shape index (κ3) is 4.48. The number of nitrogens with zero attached hydrogens (tertiary/aromatic N) is 3. The number of piperidine rings is 1. The van der Waals surface area contributed by atoms with Crippen LogP contribution in [0.25, 0.3) is 0 Å². The summed E-state index contributed by atoms with van der Waals surface area (Å²) in [5.74, 6) is 0.608. The van der Waals surface area contributed by atoms with Crippen molar-refractivity contribution in [3.05, 3.63) is 5.89 Å². The summed E-state index contributed by atoms with van der Waals surface area (Å²) in [7, 11) is 0. The summed E-state index contributed by atoms with van der Waals surface area (Å²) in [5.41, 5.74) is 0. The summed E-state index contributed by atoms with van der Waals surface area (Å²) >= 11 is 0. The SMILES string of the molecule is CC(C)NCc1nnc(NCC(=O)N2CCCCC2)o1. The Morgan fingerprint density at radius 2 is 2.05 bits per heavy atom. The van der Waals surface area contributed by atoms with Crippen LogP contribution in [0.3, 0.4) is 0 Å². The lowest BCUT2D eigenvalue weighted by Crippen LogP contribution is -2.39. The molecule has 7 nitrogen and oxygen atoms in total. The third-order valence-corrected chi connectivity index (χ3v) is 3.23. The lowest BCUT2D eigenvalue weighted by molar-refractivity contribution is -0.130. The van der Waals surface area contributed by atoms with Crippen LogP contribution in [0.5, 0.6) is 0 Å². The minimum atomic E-state index is 0.0877. The van der Waals surface area contributed by atoms with Gasteiger partial charge >= 0.3 is 6.01 Å². The minimum Gasteiger partial charge on any atom is -0.407 e. The summed E-state index contributed by atoms with van der Waals surface area (Å²) in [6, 6.07) is 0.662. The largest absolute Gasteiger partial charge is 0.407 e. The van der Waals surface area contributed by atoms with E-state index < -0.39 is 0 Å². The van der Waals surface area contributed by atoms with Crippen LogP contribution in [0, 0.1) is 0 Å². The summed E-state index contributed by atoms with van der Waals surface area (Å²) in [6.07, 6.45) is 3.40. The molecular formula is C13H23N5O2. The van der Waals surface area contributed by atoms with E-state index in [-0.39, 0.29) is 12.5 Å². The third-order valence-electron chi connectivity index (χ3n) is 3.23. The van der Waals surface area contributed by atoms with Crippen molar-refractivity contribution < 1.29 is 9.21 Å². The van der Waals surface area contributed by atoms with E-state index in [1.165, 1.54) is 6.42 Å². The molecule has 1 amide bonds. The number of carbonyl (C=O) groups excluding carboxylic acids is 1. The highest BCUT2D eigenvalue weighted by Gasteiger charge is 2.16. The van der Waals surface area contributed by atoms with Crippen LogP contribution >= 0.6 is 0 Å². The van der Waals surface area contributed by atoms with Crippen molar-refractivity contribution in [3.63, 3.8) is 0 Å². The van der Waals surface area contributed by atoms with Crippen molar-refractivity contribution in [3.8, 4) is 0 Å². The average Bonchev–Trinajstić information content (AvgIpc) is 2.91. The molecule has 1 aliphatic rings. The topological polar surface area (TPSA) is 83.3 Å². The molecule has 0 radical (unpaired) electrons. The van der Waals surface area contributed by atoms with E-state index in [0.29, 0.717) is 24.5 Å². The quantitative estimate of drug-likeness (QED) is 0.809. The Balaban J connectivity index is 1.74. The van der Waals surface area contributed by atoms with E-state index in [0.717, 1.165) is 25.9 Å². The Morgan fingerprint density at radius 3 is 2.75 bits per heavy atom. The fraction of sp³-hybridized carbons (Fsp3) is 0.769. The van der Waals surface area contributed by atoms with E-state index in [9.17, 15) is 4.79 Å². The van der Waals surface area contributed by atoms with E-state index in [1.807, 2.05) is 18.7 Å². The smallest absolute Gasteiger partial charge is 0.315 e. The highest BCUT2D eigenvalue weighted by atomic mass is 16.4. The lowest BCUT2D eigenvalue weighted by atomic mass is 10.1. The van der Waals surface area contributed by atoms with Crippen LogP contribution in [0.1, 0.15) is 39.0 Å². The second kappa shape index (κ2) is 7.23. The number of aromatic nitrogens is 2. The molecule has 1 aromatic heterocycles. The Morgan fingerprint density at radius 1 is 1.30 bits per heavy atom. The maximum atomic E-state index is 12.0. The number of hydrogen-bond donors (Lipinski definition) is 2. The van der Waals surface area contributed by atoms with Crippen LogP contribution < -0.4 is 10.6 Å². The molecule has 1 aliphatic heterocycles. The van der Waals surface area contributed by atoms with Gasteiger partial charge in [0.2, 0.25) is 11.8 Å². The molecule has 0 atom stereocenters. The van der Waals surface area contributed by atoms with E-state index in [4.69, 9.17) is 4.42 Å². The van der Waals surface area contributed by atoms with Gasteiger partial charge in [-0.25, -0.2) is 0 Å². The Kier molecular flexibility index (Phi) is 5.34. The van der Waals surface area contributed by atoms with Gasteiger partial charge in [-0.3, -0.25) is 4.79 Å². The Bertz CT molecular complexity index is 426. The molecule has 2 heterocycles. The number of anilines is 1. The zero-order chi connectivity index (χ0) is 14.4. The molecule has 1 aromatic rings. The Labute approximate surface area is 119 Å².